The van der Waals surface area contributed by atoms with Crippen LogP contribution in [0.3, 0.4) is 0 Å². The van der Waals surface area contributed by atoms with Crippen LogP contribution in [0, 0.1) is 0 Å². The molecule has 0 saturated heterocycles. The zero-order chi connectivity index (χ0) is 24.6. The lowest BCUT2D eigenvalue weighted by Gasteiger charge is -2.28. The normalized spacial score (nSPS) is 18.9. The van der Waals surface area contributed by atoms with Gasteiger partial charge in [0.05, 0.1) is 25.4 Å². The SMILES string of the molecule is COc1ccc([C@H]2CC(c3ccc4ccccc4c3)=NN2C(=O)CN2c3ccccc3C[C@H]2C)cc1. The molecule has 0 aromatic heterocycles. The van der Waals surface area contributed by atoms with Gasteiger partial charge in [-0.15, -0.1) is 0 Å². The summed E-state index contributed by atoms with van der Waals surface area (Å²) in [5, 5.41) is 9.01. The number of nitrogens with zero attached hydrogens (tertiary/aromatic N) is 3. The molecular formula is C31H29N3O2. The molecular weight excluding hydrogens is 446 g/mol. The van der Waals surface area contributed by atoms with E-state index in [4.69, 9.17) is 9.84 Å². The second kappa shape index (κ2) is 9.15. The third-order valence-corrected chi connectivity index (χ3v) is 7.40. The minimum Gasteiger partial charge on any atom is -0.497 e. The van der Waals surface area contributed by atoms with E-state index in [0.29, 0.717) is 13.0 Å². The quantitative estimate of drug-likeness (QED) is 0.357. The molecule has 5 heteroatoms. The van der Waals surface area contributed by atoms with E-state index >= 15 is 0 Å². The Labute approximate surface area is 211 Å². The van der Waals surface area contributed by atoms with Gasteiger partial charge in [0.1, 0.15) is 5.75 Å². The van der Waals surface area contributed by atoms with Crippen molar-refractivity contribution in [3.63, 3.8) is 0 Å². The van der Waals surface area contributed by atoms with Gasteiger partial charge in [0, 0.05) is 18.2 Å². The van der Waals surface area contributed by atoms with Gasteiger partial charge in [0.15, 0.2) is 0 Å². The smallest absolute Gasteiger partial charge is 0.262 e. The molecule has 4 aromatic rings. The highest BCUT2D eigenvalue weighted by Gasteiger charge is 2.36. The predicted molar refractivity (Wildman–Crippen MR) is 145 cm³/mol. The number of fused-ring (bicyclic) bond motifs is 2. The van der Waals surface area contributed by atoms with Gasteiger partial charge in [-0.25, -0.2) is 5.01 Å². The third kappa shape index (κ3) is 4.01. The number of carbonyl (C=O) groups is 1. The maximum absolute atomic E-state index is 13.8. The lowest BCUT2D eigenvalue weighted by Crippen LogP contribution is -2.40. The van der Waals surface area contributed by atoms with Crippen LogP contribution in [0.15, 0.2) is 96.1 Å². The first-order valence-electron chi connectivity index (χ1n) is 12.5. The van der Waals surface area contributed by atoms with Crippen LogP contribution in [0.5, 0.6) is 5.75 Å². The molecule has 0 fully saturated rings. The number of hydrogen-bond acceptors (Lipinski definition) is 4. The minimum absolute atomic E-state index is 0.00941. The second-order valence-electron chi connectivity index (χ2n) is 9.65. The minimum atomic E-state index is -0.155. The van der Waals surface area contributed by atoms with Gasteiger partial charge in [0.2, 0.25) is 0 Å². The van der Waals surface area contributed by atoms with Crippen molar-refractivity contribution in [1.29, 1.82) is 0 Å². The highest BCUT2D eigenvalue weighted by atomic mass is 16.5. The van der Waals surface area contributed by atoms with Crippen LogP contribution in [-0.2, 0) is 11.2 Å². The number of benzene rings is 4. The Hall–Kier alpha value is -4.12. The van der Waals surface area contributed by atoms with E-state index in [1.807, 2.05) is 42.5 Å². The van der Waals surface area contributed by atoms with Gasteiger partial charge in [-0.05, 0) is 65.1 Å². The van der Waals surface area contributed by atoms with Crippen molar-refractivity contribution in [2.24, 2.45) is 5.10 Å². The van der Waals surface area contributed by atoms with Crippen LogP contribution in [0.2, 0.25) is 0 Å². The first kappa shape index (κ1) is 22.4. The molecule has 2 aliphatic heterocycles. The van der Waals surface area contributed by atoms with Crippen LogP contribution < -0.4 is 9.64 Å². The van der Waals surface area contributed by atoms with E-state index in [9.17, 15) is 4.79 Å². The summed E-state index contributed by atoms with van der Waals surface area (Å²) in [5.74, 6) is 0.808. The maximum atomic E-state index is 13.8. The summed E-state index contributed by atoms with van der Waals surface area (Å²) in [6.45, 7) is 2.49. The summed E-state index contributed by atoms with van der Waals surface area (Å²) in [4.78, 5) is 16.0. The standard InChI is InChI=1S/C31H29N3O2/c1-21-17-26-9-5-6-10-29(26)33(21)20-31(35)34-30(23-13-15-27(36-2)16-14-23)19-28(32-34)25-12-11-22-7-3-4-8-24(22)18-25/h3-16,18,21,30H,17,19-20H2,1-2H3/t21-,30-/m1/s1. The summed E-state index contributed by atoms with van der Waals surface area (Å²) < 4.78 is 5.36. The Morgan fingerprint density at radius 3 is 2.47 bits per heavy atom. The van der Waals surface area contributed by atoms with Crippen molar-refractivity contribution in [2.45, 2.75) is 31.8 Å². The summed E-state index contributed by atoms with van der Waals surface area (Å²) >= 11 is 0. The van der Waals surface area contributed by atoms with Crippen LogP contribution in [-0.4, -0.2) is 36.3 Å². The number of methoxy groups -OCH3 is 1. The lowest BCUT2D eigenvalue weighted by atomic mass is 9.97. The molecule has 180 valence electrons. The van der Waals surface area contributed by atoms with Gasteiger partial charge >= 0.3 is 0 Å². The maximum Gasteiger partial charge on any atom is 0.262 e. The fourth-order valence-electron chi connectivity index (χ4n) is 5.46. The molecule has 5 nitrogen and oxygen atoms in total. The van der Waals surface area contributed by atoms with Crippen LogP contribution in [0.4, 0.5) is 5.69 Å². The summed E-state index contributed by atoms with van der Waals surface area (Å²) in [7, 11) is 1.66. The number of anilines is 1. The van der Waals surface area contributed by atoms with Gasteiger partial charge in [-0.2, -0.15) is 5.10 Å². The second-order valence-corrected chi connectivity index (χ2v) is 9.65. The van der Waals surface area contributed by atoms with Gasteiger partial charge in [-0.3, -0.25) is 4.79 Å². The van der Waals surface area contributed by atoms with E-state index in [-0.39, 0.29) is 18.0 Å². The molecule has 6 rings (SSSR count). The van der Waals surface area contributed by atoms with Crippen LogP contribution in [0.1, 0.15) is 36.1 Å². The van der Waals surface area contributed by atoms with Crippen molar-refractivity contribution in [1.82, 2.24) is 5.01 Å². The molecule has 2 heterocycles. The average Bonchev–Trinajstić information content (AvgIpc) is 3.50. The van der Waals surface area contributed by atoms with E-state index in [1.165, 1.54) is 16.3 Å². The fraction of sp³-hybridized carbons (Fsp3) is 0.226. The first-order chi connectivity index (χ1) is 17.6. The molecule has 0 saturated carbocycles. The molecule has 0 spiro atoms. The van der Waals surface area contributed by atoms with Crippen molar-refractivity contribution < 1.29 is 9.53 Å². The Morgan fingerprint density at radius 1 is 0.917 bits per heavy atom. The number of ether oxygens (including phenoxy) is 1. The van der Waals surface area contributed by atoms with E-state index in [0.717, 1.165) is 34.7 Å². The Kier molecular flexibility index (Phi) is 5.68. The van der Waals surface area contributed by atoms with Crippen molar-refractivity contribution in [3.8, 4) is 5.75 Å². The zero-order valence-electron chi connectivity index (χ0n) is 20.6. The highest BCUT2D eigenvalue weighted by molar-refractivity contribution is 6.05. The molecule has 0 aliphatic carbocycles. The van der Waals surface area contributed by atoms with Crippen molar-refractivity contribution in [2.75, 3.05) is 18.6 Å². The Bertz CT molecular complexity index is 1460. The monoisotopic (exact) mass is 475 g/mol. The average molecular weight is 476 g/mol. The Balaban J connectivity index is 1.34. The zero-order valence-corrected chi connectivity index (χ0v) is 20.6. The Morgan fingerprint density at radius 2 is 1.67 bits per heavy atom. The molecule has 2 atom stereocenters. The largest absolute Gasteiger partial charge is 0.497 e. The summed E-state index contributed by atoms with van der Waals surface area (Å²) in [5.41, 5.74) is 5.49. The number of para-hydroxylation sites is 1. The number of rotatable bonds is 5. The predicted octanol–water partition coefficient (Wildman–Crippen LogP) is 5.98. The molecule has 0 bridgehead atoms. The summed E-state index contributed by atoms with van der Waals surface area (Å²) in [6, 6.07) is 31.2. The fourth-order valence-corrected chi connectivity index (χ4v) is 5.46. The molecule has 0 radical (unpaired) electrons. The van der Waals surface area contributed by atoms with Gasteiger partial charge in [-0.1, -0.05) is 66.7 Å². The van der Waals surface area contributed by atoms with E-state index in [2.05, 4.69) is 60.4 Å². The van der Waals surface area contributed by atoms with E-state index in [1.54, 1.807) is 12.1 Å². The molecule has 0 N–H and O–H groups in total. The van der Waals surface area contributed by atoms with Gasteiger partial charge < -0.3 is 9.64 Å². The molecule has 1 amide bonds. The third-order valence-electron chi connectivity index (χ3n) is 7.40. The summed E-state index contributed by atoms with van der Waals surface area (Å²) in [6.07, 6.45) is 1.62. The number of hydrogen-bond donors (Lipinski definition) is 0. The lowest BCUT2D eigenvalue weighted by molar-refractivity contribution is -0.131. The number of amides is 1. The molecule has 4 aromatic carbocycles. The first-order valence-corrected chi connectivity index (χ1v) is 12.5. The number of hydrazone groups is 1. The van der Waals surface area contributed by atoms with E-state index < -0.39 is 0 Å². The van der Waals surface area contributed by atoms with Crippen LogP contribution >= 0.6 is 0 Å². The molecule has 0 unspecified atom stereocenters. The highest BCUT2D eigenvalue weighted by Crippen LogP contribution is 2.36. The topological polar surface area (TPSA) is 45.1 Å². The number of carbonyl (C=O) groups excluding carboxylic acids is 1. The molecule has 36 heavy (non-hydrogen) atoms. The van der Waals surface area contributed by atoms with Gasteiger partial charge in [0.25, 0.3) is 5.91 Å². The molecule has 2 aliphatic rings. The van der Waals surface area contributed by atoms with Crippen molar-refractivity contribution >= 4 is 28.1 Å². The van der Waals surface area contributed by atoms with Crippen molar-refractivity contribution in [3.05, 3.63) is 108 Å². The van der Waals surface area contributed by atoms with Crippen LogP contribution in [0.25, 0.3) is 10.8 Å².